The van der Waals surface area contributed by atoms with Gasteiger partial charge in [0.1, 0.15) is 12.4 Å². The molecule has 0 aromatic heterocycles. The molecule has 2 rings (SSSR count). The summed E-state index contributed by atoms with van der Waals surface area (Å²) in [6, 6.07) is 18.3. The molecule has 136 valence electrons. The molecule has 2 N–H and O–H groups in total. The zero-order valence-corrected chi connectivity index (χ0v) is 14.5. The Hall–Kier alpha value is -1.92. The molecule has 0 spiro atoms. The van der Waals surface area contributed by atoms with Crippen LogP contribution < -0.4 is 10.1 Å². The number of benzene rings is 2. The monoisotopic (exact) mass is 345 g/mol. The summed E-state index contributed by atoms with van der Waals surface area (Å²) in [4.78, 5) is 0. The zero-order valence-electron chi connectivity index (χ0n) is 14.5. The second-order valence-corrected chi connectivity index (χ2v) is 5.55. The van der Waals surface area contributed by atoms with Crippen molar-refractivity contribution in [2.45, 2.75) is 13.2 Å². The molecular weight excluding hydrogens is 318 g/mol. The first-order valence-corrected chi connectivity index (χ1v) is 8.61. The topological polar surface area (TPSA) is 60.0 Å². The van der Waals surface area contributed by atoms with Crippen LogP contribution in [0, 0.1) is 0 Å². The number of hydrogen-bond donors (Lipinski definition) is 2. The maximum atomic E-state index is 8.57. The van der Waals surface area contributed by atoms with Crippen LogP contribution in [0.2, 0.25) is 0 Å². The molecule has 0 aliphatic heterocycles. The second-order valence-electron chi connectivity index (χ2n) is 5.55. The smallest absolute Gasteiger partial charge is 0.120 e. The third-order valence-electron chi connectivity index (χ3n) is 3.51. The van der Waals surface area contributed by atoms with Gasteiger partial charge in [-0.1, -0.05) is 42.5 Å². The molecule has 0 atom stereocenters. The predicted octanol–water partition coefficient (Wildman–Crippen LogP) is 2.38. The molecule has 5 heteroatoms. The van der Waals surface area contributed by atoms with Crippen molar-refractivity contribution in [3.63, 3.8) is 0 Å². The molecule has 0 radical (unpaired) electrons. The molecule has 0 aliphatic carbocycles. The SMILES string of the molecule is OCCOCCOCCNCc1cccc(OCc2ccccc2)c1. The van der Waals surface area contributed by atoms with E-state index >= 15 is 0 Å². The van der Waals surface area contributed by atoms with Crippen molar-refractivity contribution in [1.29, 1.82) is 0 Å². The van der Waals surface area contributed by atoms with Crippen LogP contribution in [0.15, 0.2) is 54.6 Å². The van der Waals surface area contributed by atoms with E-state index in [1.54, 1.807) is 0 Å². The van der Waals surface area contributed by atoms with Crippen LogP contribution in [-0.2, 0) is 22.6 Å². The molecule has 0 fully saturated rings. The normalized spacial score (nSPS) is 10.8. The third kappa shape index (κ3) is 8.65. The van der Waals surface area contributed by atoms with E-state index in [9.17, 15) is 0 Å². The lowest BCUT2D eigenvalue weighted by Crippen LogP contribution is -2.20. The van der Waals surface area contributed by atoms with E-state index in [0.29, 0.717) is 33.0 Å². The van der Waals surface area contributed by atoms with Crippen molar-refractivity contribution in [1.82, 2.24) is 5.32 Å². The minimum absolute atomic E-state index is 0.0513. The van der Waals surface area contributed by atoms with Gasteiger partial charge >= 0.3 is 0 Å². The lowest BCUT2D eigenvalue weighted by atomic mass is 10.2. The molecule has 5 nitrogen and oxygen atoms in total. The molecule has 0 aliphatic rings. The van der Waals surface area contributed by atoms with Crippen LogP contribution in [0.5, 0.6) is 5.75 Å². The molecule has 25 heavy (non-hydrogen) atoms. The summed E-state index contributed by atoms with van der Waals surface area (Å²) >= 11 is 0. The fourth-order valence-electron chi connectivity index (χ4n) is 2.25. The number of aliphatic hydroxyl groups is 1. The Morgan fingerprint density at radius 3 is 2.36 bits per heavy atom. The van der Waals surface area contributed by atoms with Gasteiger partial charge in [-0.25, -0.2) is 0 Å². The van der Waals surface area contributed by atoms with Gasteiger partial charge in [0.2, 0.25) is 0 Å². The summed E-state index contributed by atoms with van der Waals surface area (Å²) in [5.41, 5.74) is 2.34. The first-order valence-electron chi connectivity index (χ1n) is 8.61. The van der Waals surface area contributed by atoms with Crippen molar-refractivity contribution in [3.8, 4) is 5.75 Å². The minimum atomic E-state index is 0.0513. The standard InChI is InChI=1S/C20H27NO4/c22-10-12-24-14-13-23-11-9-21-16-19-7-4-8-20(15-19)25-17-18-5-2-1-3-6-18/h1-8,15,21-22H,9-14,16-17H2. The highest BCUT2D eigenvalue weighted by Gasteiger charge is 1.99. The van der Waals surface area contributed by atoms with E-state index in [4.69, 9.17) is 19.3 Å². The fourth-order valence-corrected chi connectivity index (χ4v) is 2.25. The van der Waals surface area contributed by atoms with Crippen molar-refractivity contribution in [2.75, 3.05) is 39.6 Å². The summed E-state index contributed by atoms with van der Waals surface area (Å²) in [5, 5.41) is 11.9. The summed E-state index contributed by atoms with van der Waals surface area (Å²) in [6.45, 7) is 4.23. The van der Waals surface area contributed by atoms with Gasteiger partial charge in [0.25, 0.3) is 0 Å². The van der Waals surface area contributed by atoms with Crippen LogP contribution in [0.25, 0.3) is 0 Å². The minimum Gasteiger partial charge on any atom is -0.489 e. The van der Waals surface area contributed by atoms with E-state index in [1.807, 2.05) is 30.3 Å². The van der Waals surface area contributed by atoms with E-state index in [0.717, 1.165) is 24.4 Å². The van der Waals surface area contributed by atoms with Crippen LogP contribution in [0.4, 0.5) is 0 Å². The Morgan fingerprint density at radius 2 is 1.56 bits per heavy atom. The summed E-state index contributed by atoms with van der Waals surface area (Å²) < 4.78 is 16.4. The van der Waals surface area contributed by atoms with Crippen LogP contribution in [-0.4, -0.2) is 44.7 Å². The van der Waals surface area contributed by atoms with Crippen molar-refractivity contribution >= 4 is 0 Å². The summed E-state index contributed by atoms with van der Waals surface area (Å²) in [6.07, 6.45) is 0. The average molecular weight is 345 g/mol. The van der Waals surface area contributed by atoms with Crippen molar-refractivity contribution in [3.05, 3.63) is 65.7 Å². The zero-order chi connectivity index (χ0) is 17.6. The molecule has 2 aromatic carbocycles. The van der Waals surface area contributed by atoms with Crippen molar-refractivity contribution in [2.24, 2.45) is 0 Å². The quantitative estimate of drug-likeness (QED) is 0.546. The molecule has 0 saturated carbocycles. The molecule has 0 heterocycles. The summed E-state index contributed by atoms with van der Waals surface area (Å²) in [5.74, 6) is 0.875. The number of hydrogen-bond acceptors (Lipinski definition) is 5. The lowest BCUT2D eigenvalue weighted by molar-refractivity contribution is 0.0340. The van der Waals surface area contributed by atoms with E-state index in [1.165, 1.54) is 5.56 Å². The Kier molecular flexibility index (Phi) is 9.66. The highest BCUT2D eigenvalue weighted by atomic mass is 16.5. The highest BCUT2D eigenvalue weighted by Crippen LogP contribution is 2.15. The predicted molar refractivity (Wildman–Crippen MR) is 97.6 cm³/mol. The largest absolute Gasteiger partial charge is 0.489 e. The van der Waals surface area contributed by atoms with Crippen LogP contribution >= 0.6 is 0 Å². The molecule has 0 saturated heterocycles. The molecule has 0 unspecified atom stereocenters. The molecule has 0 amide bonds. The molecule has 0 bridgehead atoms. The van der Waals surface area contributed by atoms with Gasteiger partial charge in [-0.15, -0.1) is 0 Å². The number of nitrogens with one attached hydrogen (secondary N) is 1. The van der Waals surface area contributed by atoms with Gasteiger partial charge in [-0.3, -0.25) is 0 Å². The Labute approximate surface area is 149 Å². The third-order valence-corrected chi connectivity index (χ3v) is 3.51. The van der Waals surface area contributed by atoms with Gasteiger partial charge < -0.3 is 24.6 Å². The van der Waals surface area contributed by atoms with Crippen LogP contribution in [0.3, 0.4) is 0 Å². The maximum Gasteiger partial charge on any atom is 0.120 e. The van der Waals surface area contributed by atoms with Crippen LogP contribution in [0.1, 0.15) is 11.1 Å². The number of ether oxygens (including phenoxy) is 3. The lowest BCUT2D eigenvalue weighted by Gasteiger charge is -2.09. The average Bonchev–Trinajstić information content (AvgIpc) is 2.66. The number of aliphatic hydroxyl groups excluding tert-OH is 1. The van der Waals surface area contributed by atoms with Gasteiger partial charge in [0, 0.05) is 13.1 Å². The molecular formula is C20H27NO4. The fraction of sp³-hybridized carbons (Fsp3) is 0.400. The molecule has 2 aromatic rings. The number of rotatable bonds is 13. The highest BCUT2D eigenvalue weighted by molar-refractivity contribution is 5.29. The van der Waals surface area contributed by atoms with Gasteiger partial charge in [0.05, 0.1) is 33.0 Å². The Balaban J connectivity index is 1.59. The van der Waals surface area contributed by atoms with E-state index < -0.39 is 0 Å². The maximum absolute atomic E-state index is 8.57. The van der Waals surface area contributed by atoms with Gasteiger partial charge in [0.15, 0.2) is 0 Å². The Morgan fingerprint density at radius 1 is 0.800 bits per heavy atom. The second kappa shape index (κ2) is 12.4. The summed E-state index contributed by atoms with van der Waals surface area (Å²) in [7, 11) is 0. The van der Waals surface area contributed by atoms with Gasteiger partial charge in [-0.05, 0) is 23.3 Å². The van der Waals surface area contributed by atoms with E-state index in [-0.39, 0.29) is 6.61 Å². The first-order chi connectivity index (χ1) is 12.4. The van der Waals surface area contributed by atoms with Crippen molar-refractivity contribution < 1.29 is 19.3 Å². The first kappa shape index (κ1) is 19.4. The van der Waals surface area contributed by atoms with Gasteiger partial charge in [-0.2, -0.15) is 0 Å². The Bertz CT molecular complexity index is 577. The van der Waals surface area contributed by atoms with E-state index in [2.05, 4.69) is 29.6 Å².